The van der Waals surface area contributed by atoms with E-state index in [0.717, 1.165) is 0 Å². The zero-order valence-electron chi connectivity index (χ0n) is 9.92. The van der Waals surface area contributed by atoms with Gasteiger partial charge in [-0.25, -0.2) is 4.98 Å². The van der Waals surface area contributed by atoms with Gasteiger partial charge in [-0.3, -0.25) is 9.59 Å². The molecule has 7 nitrogen and oxygen atoms in total. The van der Waals surface area contributed by atoms with Gasteiger partial charge in [0.05, 0.1) is 19.6 Å². The first-order valence-corrected chi connectivity index (χ1v) is 5.27. The molecule has 0 aliphatic rings. The summed E-state index contributed by atoms with van der Waals surface area (Å²) in [7, 11) is 1.48. The van der Waals surface area contributed by atoms with E-state index in [4.69, 9.17) is 15.6 Å². The summed E-state index contributed by atoms with van der Waals surface area (Å²) in [5, 5.41) is 11.0. The van der Waals surface area contributed by atoms with Gasteiger partial charge >= 0.3 is 5.97 Å². The van der Waals surface area contributed by atoms with Gasteiger partial charge in [-0.1, -0.05) is 6.07 Å². The number of ether oxygens (including phenoxy) is 1. The highest BCUT2D eigenvalue weighted by atomic mass is 16.5. The number of nitrogens with one attached hydrogen (secondary N) is 1. The number of aromatic nitrogens is 1. The van der Waals surface area contributed by atoms with E-state index in [1.807, 2.05) is 0 Å². The molecule has 1 atom stereocenters. The van der Waals surface area contributed by atoms with Gasteiger partial charge in [-0.2, -0.15) is 0 Å². The second kappa shape index (κ2) is 6.55. The molecule has 4 N–H and O–H groups in total. The Kier molecular flexibility index (Phi) is 5.06. The highest BCUT2D eigenvalue weighted by Gasteiger charge is 2.17. The SMILES string of the molecule is COc1ncccc1CNC(=O)C(N)CC(=O)O. The minimum absolute atomic E-state index is 0.184. The van der Waals surface area contributed by atoms with Crippen molar-refractivity contribution >= 4 is 11.9 Å². The van der Waals surface area contributed by atoms with Crippen molar-refractivity contribution in [2.75, 3.05) is 7.11 Å². The number of carboxylic acids is 1. The van der Waals surface area contributed by atoms with Crippen LogP contribution in [0.2, 0.25) is 0 Å². The fraction of sp³-hybridized carbons (Fsp3) is 0.364. The lowest BCUT2D eigenvalue weighted by molar-refractivity contribution is -0.139. The Hall–Kier alpha value is -2.15. The lowest BCUT2D eigenvalue weighted by atomic mass is 10.2. The zero-order chi connectivity index (χ0) is 13.5. The molecular weight excluding hydrogens is 238 g/mol. The van der Waals surface area contributed by atoms with Gasteiger partial charge in [0.25, 0.3) is 0 Å². The number of carboxylic acid groups (broad SMARTS) is 1. The first-order chi connectivity index (χ1) is 8.54. The van der Waals surface area contributed by atoms with Gasteiger partial charge in [-0.15, -0.1) is 0 Å². The lowest BCUT2D eigenvalue weighted by Crippen LogP contribution is -2.41. The summed E-state index contributed by atoms with van der Waals surface area (Å²) < 4.78 is 5.01. The van der Waals surface area contributed by atoms with E-state index in [-0.39, 0.29) is 6.54 Å². The summed E-state index contributed by atoms with van der Waals surface area (Å²) in [5.74, 6) is -1.23. The van der Waals surface area contributed by atoms with E-state index in [0.29, 0.717) is 11.4 Å². The van der Waals surface area contributed by atoms with E-state index >= 15 is 0 Å². The molecule has 0 aromatic carbocycles. The van der Waals surface area contributed by atoms with Crippen LogP contribution in [0.1, 0.15) is 12.0 Å². The molecule has 18 heavy (non-hydrogen) atoms. The van der Waals surface area contributed by atoms with Crippen LogP contribution in [0.4, 0.5) is 0 Å². The number of pyridine rings is 1. The number of carbonyl (C=O) groups is 2. The number of nitrogens with zero attached hydrogens (tertiary/aromatic N) is 1. The van der Waals surface area contributed by atoms with Crippen molar-refractivity contribution in [1.29, 1.82) is 0 Å². The van der Waals surface area contributed by atoms with Crippen LogP contribution >= 0.6 is 0 Å². The molecule has 0 saturated carbocycles. The number of carbonyl (C=O) groups excluding carboxylic acids is 1. The van der Waals surface area contributed by atoms with Gasteiger partial charge in [0.2, 0.25) is 11.8 Å². The molecule has 1 aromatic rings. The molecular formula is C11H15N3O4. The average Bonchev–Trinajstić information content (AvgIpc) is 2.35. The number of rotatable bonds is 6. The molecule has 1 rings (SSSR count). The van der Waals surface area contributed by atoms with Crippen LogP contribution in [0.15, 0.2) is 18.3 Å². The molecule has 1 aromatic heterocycles. The van der Waals surface area contributed by atoms with Crippen LogP contribution in [0.3, 0.4) is 0 Å². The van der Waals surface area contributed by atoms with Crippen molar-refractivity contribution in [3.05, 3.63) is 23.9 Å². The Balaban J connectivity index is 2.54. The van der Waals surface area contributed by atoms with Gasteiger partial charge in [-0.05, 0) is 6.07 Å². The molecule has 0 saturated heterocycles. The predicted octanol–water partition coefficient (Wildman–Crippen LogP) is -0.492. The smallest absolute Gasteiger partial charge is 0.305 e. The first-order valence-electron chi connectivity index (χ1n) is 5.27. The summed E-state index contributed by atoms with van der Waals surface area (Å²) >= 11 is 0. The topological polar surface area (TPSA) is 115 Å². The molecule has 0 aliphatic heterocycles. The fourth-order valence-electron chi connectivity index (χ4n) is 1.34. The second-order valence-electron chi connectivity index (χ2n) is 3.59. The van der Waals surface area contributed by atoms with Crippen molar-refractivity contribution in [3.8, 4) is 5.88 Å². The normalized spacial score (nSPS) is 11.7. The predicted molar refractivity (Wildman–Crippen MR) is 62.9 cm³/mol. The third kappa shape index (κ3) is 4.02. The van der Waals surface area contributed by atoms with Crippen LogP contribution < -0.4 is 15.8 Å². The van der Waals surface area contributed by atoms with Crippen molar-refractivity contribution < 1.29 is 19.4 Å². The molecule has 98 valence electrons. The zero-order valence-corrected chi connectivity index (χ0v) is 9.92. The first kappa shape index (κ1) is 13.9. The summed E-state index contributed by atoms with van der Waals surface area (Å²) in [5.41, 5.74) is 6.10. The Labute approximate surface area is 104 Å². The van der Waals surface area contributed by atoms with Crippen molar-refractivity contribution in [2.45, 2.75) is 19.0 Å². The maximum absolute atomic E-state index is 11.5. The highest BCUT2D eigenvalue weighted by Crippen LogP contribution is 2.12. The fourth-order valence-corrected chi connectivity index (χ4v) is 1.34. The van der Waals surface area contributed by atoms with Crippen molar-refractivity contribution in [3.63, 3.8) is 0 Å². The van der Waals surface area contributed by atoms with Gasteiger partial charge in [0.15, 0.2) is 0 Å². The molecule has 0 spiro atoms. The van der Waals surface area contributed by atoms with E-state index in [2.05, 4.69) is 10.3 Å². The standard InChI is InChI=1S/C11H15N3O4/c1-18-11-7(3-2-4-13-11)6-14-10(17)8(12)5-9(15)16/h2-4,8H,5-6,12H2,1H3,(H,14,17)(H,15,16). The molecule has 0 aliphatic carbocycles. The number of hydrogen-bond donors (Lipinski definition) is 3. The van der Waals surface area contributed by atoms with Crippen molar-refractivity contribution in [2.24, 2.45) is 5.73 Å². The van der Waals surface area contributed by atoms with E-state index in [1.165, 1.54) is 7.11 Å². The summed E-state index contributed by atoms with van der Waals surface area (Å²) in [4.78, 5) is 25.9. The lowest BCUT2D eigenvalue weighted by Gasteiger charge is -2.11. The van der Waals surface area contributed by atoms with Crippen LogP contribution in [0, 0.1) is 0 Å². The summed E-state index contributed by atoms with van der Waals surface area (Å²) in [6, 6.07) is 2.39. The van der Waals surface area contributed by atoms with E-state index in [9.17, 15) is 9.59 Å². The molecule has 7 heteroatoms. The van der Waals surface area contributed by atoms with Crippen molar-refractivity contribution in [1.82, 2.24) is 10.3 Å². The average molecular weight is 253 g/mol. The van der Waals surface area contributed by atoms with Gasteiger partial charge < -0.3 is 20.9 Å². The largest absolute Gasteiger partial charge is 0.481 e. The number of aliphatic carboxylic acids is 1. The number of nitrogens with two attached hydrogens (primary N) is 1. The Morgan fingerprint density at radius 1 is 1.61 bits per heavy atom. The molecule has 1 unspecified atom stereocenters. The van der Waals surface area contributed by atoms with E-state index in [1.54, 1.807) is 18.3 Å². The maximum atomic E-state index is 11.5. The Bertz CT molecular complexity index is 436. The minimum Gasteiger partial charge on any atom is -0.481 e. The second-order valence-corrected chi connectivity index (χ2v) is 3.59. The number of amides is 1. The van der Waals surface area contributed by atoms with Crippen LogP contribution in [0.25, 0.3) is 0 Å². The highest BCUT2D eigenvalue weighted by molar-refractivity contribution is 5.85. The third-order valence-corrected chi connectivity index (χ3v) is 2.23. The summed E-state index contributed by atoms with van der Waals surface area (Å²) in [6.07, 6.45) is 1.16. The number of methoxy groups -OCH3 is 1. The monoisotopic (exact) mass is 253 g/mol. The Morgan fingerprint density at radius 2 is 2.33 bits per heavy atom. The molecule has 1 heterocycles. The van der Waals surface area contributed by atoms with Gasteiger partial charge in [0.1, 0.15) is 0 Å². The summed E-state index contributed by atoms with van der Waals surface area (Å²) in [6.45, 7) is 0.184. The van der Waals surface area contributed by atoms with E-state index < -0.39 is 24.3 Å². The third-order valence-electron chi connectivity index (χ3n) is 2.23. The van der Waals surface area contributed by atoms with Crippen LogP contribution in [-0.2, 0) is 16.1 Å². The molecule has 0 radical (unpaired) electrons. The van der Waals surface area contributed by atoms with Crippen LogP contribution in [0.5, 0.6) is 5.88 Å². The van der Waals surface area contributed by atoms with Crippen LogP contribution in [-0.4, -0.2) is 35.1 Å². The Morgan fingerprint density at radius 3 is 2.94 bits per heavy atom. The maximum Gasteiger partial charge on any atom is 0.305 e. The molecule has 0 fully saturated rings. The molecule has 1 amide bonds. The quantitative estimate of drug-likeness (QED) is 0.630. The molecule has 0 bridgehead atoms. The minimum atomic E-state index is -1.11. The number of hydrogen-bond acceptors (Lipinski definition) is 5. The van der Waals surface area contributed by atoms with Gasteiger partial charge in [0, 0.05) is 18.3 Å².